The van der Waals surface area contributed by atoms with Crippen molar-refractivity contribution in [3.05, 3.63) is 48.5 Å². The summed E-state index contributed by atoms with van der Waals surface area (Å²) in [6.45, 7) is 5.67. The third-order valence-corrected chi connectivity index (χ3v) is 7.54. The maximum absolute atomic E-state index is 13.1. The van der Waals surface area contributed by atoms with Gasteiger partial charge in [0, 0.05) is 28.6 Å². The van der Waals surface area contributed by atoms with Crippen molar-refractivity contribution < 1.29 is 19.1 Å². The molecule has 2 aromatic carbocycles. The molecular weight excluding hydrogens is 468 g/mol. The van der Waals surface area contributed by atoms with Crippen LogP contribution in [0.3, 0.4) is 0 Å². The van der Waals surface area contributed by atoms with Crippen molar-refractivity contribution in [3.63, 3.8) is 0 Å². The molecule has 0 saturated heterocycles. The highest BCUT2D eigenvalue weighted by Gasteiger charge is 2.22. The summed E-state index contributed by atoms with van der Waals surface area (Å²) in [5.41, 5.74) is 1.87. The van der Waals surface area contributed by atoms with Gasteiger partial charge in [-0.2, -0.15) is 0 Å². The van der Waals surface area contributed by atoms with Gasteiger partial charge in [0.05, 0.1) is 19.2 Å². The van der Waals surface area contributed by atoms with E-state index < -0.39 is 18.2 Å². The summed E-state index contributed by atoms with van der Waals surface area (Å²) < 4.78 is 4.55. The number of esters is 1. The number of carbonyl (C=O) groups is 3. The van der Waals surface area contributed by atoms with E-state index in [1.54, 1.807) is 26.5 Å². The lowest BCUT2D eigenvalue weighted by Crippen LogP contribution is -2.34. The number of ether oxygens (including phenoxy) is 1. The number of carbonyl (C=O) groups excluding carboxylic acids is 3. The van der Waals surface area contributed by atoms with E-state index in [0.29, 0.717) is 6.54 Å². The first-order valence-corrected chi connectivity index (χ1v) is 13.8. The summed E-state index contributed by atoms with van der Waals surface area (Å²) in [5.74, 6) is -1.37. The molecule has 0 spiro atoms. The number of nitrogens with zero attached hydrogens (tertiary/aromatic N) is 1. The van der Waals surface area contributed by atoms with Gasteiger partial charge < -0.3 is 15.0 Å². The van der Waals surface area contributed by atoms with Crippen LogP contribution in [0, 0.1) is 0 Å². The SMILES string of the molecule is CCCCNc1ccccc1SSc1ccccc1N(CCCC)C(=O)CC(=O)CC(=O)OC. The number of Topliss-reactive ketones (excluding diaryl/α,β-unsaturated/α-hetero) is 1. The van der Waals surface area contributed by atoms with Crippen molar-refractivity contribution in [3.8, 4) is 0 Å². The largest absolute Gasteiger partial charge is 0.469 e. The molecule has 1 N–H and O–H groups in total. The van der Waals surface area contributed by atoms with Gasteiger partial charge in [-0.25, -0.2) is 0 Å². The van der Waals surface area contributed by atoms with Gasteiger partial charge in [0.15, 0.2) is 5.78 Å². The van der Waals surface area contributed by atoms with Crippen LogP contribution >= 0.6 is 21.6 Å². The minimum absolute atomic E-state index is 0.304. The second-order valence-electron chi connectivity index (χ2n) is 7.78. The number of rotatable bonds is 15. The van der Waals surface area contributed by atoms with Crippen molar-refractivity contribution >= 4 is 50.6 Å². The molecule has 8 heteroatoms. The standard InChI is InChI=1S/C26H34N2O4S2/c1-4-6-16-27-21-12-8-10-14-23(21)33-34-24-15-11-9-13-22(24)28(17-7-5-2)25(30)18-20(29)19-26(31)32-3/h8-15,27H,4-7,16-19H2,1-3H3. The van der Waals surface area contributed by atoms with Gasteiger partial charge in [-0.3, -0.25) is 14.4 Å². The highest BCUT2D eigenvalue weighted by Crippen LogP contribution is 2.44. The van der Waals surface area contributed by atoms with Gasteiger partial charge >= 0.3 is 5.97 Å². The lowest BCUT2D eigenvalue weighted by Gasteiger charge is -2.25. The van der Waals surface area contributed by atoms with Gasteiger partial charge in [0.1, 0.15) is 6.42 Å². The molecule has 0 saturated carbocycles. The zero-order valence-corrected chi connectivity index (χ0v) is 21.8. The van der Waals surface area contributed by atoms with E-state index in [1.807, 2.05) is 36.4 Å². The maximum atomic E-state index is 13.1. The minimum atomic E-state index is -0.628. The number of unbranched alkanes of at least 4 members (excludes halogenated alkanes) is 2. The Morgan fingerprint density at radius 3 is 2.24 bits per heavy atom. The van der Waals surface area contributed by atoms with E-state index in [4.69, 9.17) is 0 Å². The molecule has 2 rings (SSSR count). The van der Waals surface area contributed by atoms with Crippen LogP contribution in [0.1, 0.15) is 52.4 Å². The van der Waals surface area contributed by atoms with E-state index in [1.165, 1.54) is 7.11 Å². The second kappa shape index (κ2) is 15.5. The molecule has 0 heterocycles. The van der Waals surface area contributed by atoms with Crippen LogP contribution in [-0.2, 0) is 19.1 Å². The number of hydrogen-bond donors (Lipinski definition) is 1. The number of anilines is 2. The Labute approximate surface area is 210 Å². The molecule has 0 fully saturated rings. The number of methoxy groups -OCH3 is 1. The summed E-state index contributed by atoms with van der Waals surface area (Å²) in [7, 11) is 4.46. The summed E-state index contributed by atoms with van der Waals surface area (Å²) in [4.78, 5) is 40.5. The monoisotopic (exact) mass is 502 g/mol. The van der Waals surface area contributed by atoms with Crippen molar-refractivity contribution in [1.82, 2.24) is 0 Å². The zero-order chi connectivity index (χ0) is 24.8. The number of hydrogen-bond acceptors (Lipinski definition) is 7. The Balaban J connectivity index is 2.19. The summed E-state index contributed by atoms with van der Waals surface area (Å²) >= 11 is 0. The van der Waals surface area contributed by atoms with Crippen LogP contribution in [0.5, 0.6) is 0 Å². The molecule has 0 radical (unpaired) electrons. The molecular formula is C26H34N2O4S2. The van der Waals surface area contributed by atoms with E-state index in [9.17, 15) is 14.4 Å². The Bertz CT molecular complexity index is 952. The van der Waals surface area contributed by atoms with E-state index in [-0.39, 0.29) is 12.3 Å². The predicted octanol–water partition coefficient (Wildman–Crippen LogP) is 6.35. The van der Waals surface area contributed by atoms with Gasteiger partial charge in [-0.1, -0.05) is 72.5 Å². The van der Waals surface area contributed by atoms with Crippen molar-refractivity contribution in [2.75, 3.05) is 30.4 Å². The molecule has 0 aliphatic rings. The third kappa shape index (κ3) is 9.06. The summed E-state index contributed by atoms with van der Waals surface area (Å²) in [6.07, 6.45) is 3.26. The van der Waals surface area contributed by atoms with E-state index in [2.05, 4.69) is 36.0 Å². The average molecular weight is 503 g/mol. The topological polar surface area (TPSA) is 75.7 Å². The fourth-order valence-electron chi connectivity index (χ4n) is 3.18. The highest BCUT2D eigenvalue weighted by molar-refractivity contribution is 8.76. The molecule has 0 aliphatic carbocycles. The Kier molecular flexibility index (Phi) is 12.6. The summed E-state index contributed by atoms with van der Waals surface area (Å²) in [6, 6.07) is 15.9. The van der Waals surface area contributed by atoms with Crippen LogP contribution in [0.25, 0.3) is 0 Å². The second-order valence-corrected chi connectivity index (χ2v) is 9.99. The van der Waals surface area contributed by atoms with E-state index in [0.717, 1.165) is 53.4 Å². The molecule has 0 aliphatic heterocycles. The number of benzene rings is 2. The number of amides is 1. The number of nitrogens with one attached hydrogen (secondary N) is 1. The van der Waals surface area contributed by atoms with Gasteiger partial charge in [0.2, 0.25) is 5.91 Å². The Hall–Kier alpha value is -2.45. The minimum Gasteiger partial charge on any atom is -0.469 e. The van der Waals surface area contributed by atoms with Gasteiger partial charge in [-0.05, 0) is 37.1 Å². The van der Waals surface area contributed by atoms with Crippen LogP contribution in [0.15, 0.2) is 58.3 Å². The zero-order valence-electron chi connectivity index (χ0n) is 20.2. The van der Waals surface area contributed by atoms with Crippen molar-refractivity contribution in [2.45, 2.75) is 62.2 Å². The first-order chi connectivity index (χ1) is 16.5. The molecule has 34 heavy (non-hydrogen) atoms. The van der Waals surface area contributed by atoms with Gasteiger partial charge in [-0.15, -0.1) is 0 Å². The van der Waals surface area contributed by atoms with Crippen molar-refractivity contribution in [1.29, 1.82) is 0 Å². The van der Waals surface area contributed by atoms with Crippen molar-refractivity contribution in [2.24, 2.45) is 0 Å². The molecule has 0 atom stereocenters. The number of para-hydroxylation sites is 2. The lowest BCUT2D eigenvalue weighted by molar-refractivity contribution is -0.143. The fourth-order valence-corrected chi connectivity index (χ4v) is 5.52. The van der Waals surface area contributed by atoms with Crippen LogP contribution in [0.4, 0.5) is 11.4 Å². The van der Waals surface area contributed by atoms with E-state index >= 15 is 0 Å². The highest BCUT2D eigenvalue weighted by atomic mass is 33.1. The molecule has 184 valence electrons. The van der Waals surface area contributed by atoms with Gasteiger partial charge in [0.25, 0.3) is 0 Å². The van der Waals surface area contributed by atoms with Crippen LogP contribution in [-0.4, -0.2) is 37.9 Å². The van der Waals surface area contributed by atoms with Crippen LogP contribution in [0.2, 0.25) is 0 Å². The lowest BCUT2D eigenvalue weighted by atomic mass is 10.1. The first kappa shape index (κ1) is 27.8. The number of ketones is 1. The Morgan fingerprint density at radius 2 is 1.53 bits per heavy atom. The first-order valence-electron chi connectivity index (χ1n) is 11.6. The normalized spacial score (nSPS) is 10.6. The molecule has 0 aromatic heterocycles. The molecule has 1 amide bonds. The summed E-state index contributed by atoms with van der Waals surface area (Å²) in [5, 5.41) is 3.50. The molecule has 0 bridgehead atoms. The van der Waals surface area contributed by atoms with Crippen LogP contribution < -0.4 is 10.2 Å². The fraction of sp³-hybridized carbons (Fsp3) is 0.423. The molecule has 6 nitrogen and oxygen atoms in total. The quantitative estimate of drug-likeness (QED) is 0.132. The maximum Gasteiger partial charge on any atom is 0.313 e. The molecule has 0 unspecified atom stereocenters. The Morgan fingerprint density at radius 1 is 0.882 bits per heavy atom. The molecule has 2 aromatic rings. The third-order valence-electron chi connectivity index (χ3n) is 5.06. The predicted molar refractivity (Wildman–Crippen MR) is 142 cm³/mol. The smallest absolute Gasteiger partial charge is 0.313 e. The average Bonchev–Trinajstić information content (AvgIpc) is 2.84.